The van der Waals surface area contributed by atoms with Crippen LogP contribution in [0.1, 0.15) is 6.92 Å². The molecule has 2 aliphatic rings. The van der Waals surface area contributed by atoms with Crippen LogP contribution in [0.4, 0.5) is 0 Å². The first-order valence-electron chi connectivity index (χ1n) is 5.15. The number of carbonyl (C=O) groups is 1. The second-order valence-electron chi connectivity index (χ2n) is 3.93. The number of hydrazone groups is 1. The van der Waals surface area contributed by atoms with Crippen LogP contribution in [0, 0.1) is 5.92 Å². The minimum atomic E-state index is -0.207. The molecule has 1 aliphatic heterocycles. The molecule has 0 aromatic heterocycles. The van der Waals surface area contributed by atoms with Gasteiger partial charge in [0, 0.05) is 7.05 Å². The summed E-state index contributed by atoms with van der Waals surface area (Å²) in [6.07, 6.45) is 6.10. The molecule has 0 spiro atoms. The Balaban J connectivity index is 2.19. The lowest BCUT2D eigenvalue weighted by molar-refractivity contribution is -0.160. The maximum Gasteiger partial charge on any atom is 0.294 e. The molecule has 0 radical (unpaired) electrons. The Morgan fingerprint density at radius 3 is 3.06 bits per heavy atom. The topological polar surface area (TPSA) is 53.9 Å². The summed E-state index contributed by atoms with van der Waals surface area (Å²) < 4.78 is 0. The average Bonchev–Trinajstić information content (AvgIpc) is 2.69. The molecule has 5 nitrogen and oxygen atoms in total. The average molecular weight is 221 g/mol. The Morgan fingerprint density at radius 1 is 1.62 bits per heavy atom. The van der Waals surface area contributed by atoms with Crippen molar-refractivity contribution in [1.82, 2.24) is 10.5 Å². The molecule has 5 heteroatoms. The van der Waals surface area contributed by atoms with Crippen LogP contribution >= 0.6 is 0 Å². The Bertz CT molecular complexity index is 398. The predicted octanol–water partition coefficient (Wildman–Crippen LogP) is 0.466. The molecular formula is C11H15N3O2. The first kappa shape index (κ1) is 10.9. The van der Waals surface area contributed by atoms with Gasteiger partial charge in [-0.15, -0.1) is 0 Å². The molecule has 1 N–H and O–H groups in total. The fraction of sp³-hybridized carbons (Fsp3) is 0.455. The Morgan fingerprint density at radius 2 is 2.38 bits per heavy atom. The van der Waals surface area contributed by atoms with Gasteiger partial charge in [-0.1, -0.05) is 23.8 Å². The van der Waals surface area contributed by atoms with E-state index in [4.69, 9.17) is 4.84 Å². The molecule has 1 amide bonds. The van der Waals surface area contributed by atoms with E-state index in [9.17, 15) is 4.79 Å². The lowest BCUT2D eigenvalue weighted by Crippen LogP contribution is -2.37. The van der Waals surface area contributed by atoms with Crippen LogP contribution in [0.5, 0.6) is 0 Å². The molecule has 0 aromatic rings. The highest BCUT2D eigenvalue weighted by atomic mass is 16.7. The molecule has 1 heterocycles. The molecule has 0 bridgehead atoms. The summed E-state index contributed by atoms with van der Waals surface area (Å²) >= 11 is 0. The van der Waals surface area contributed by atoms with Gasteiger partial charge in [-0.25, -0.2) is 5.06 Å². The zero-order chi connectivity index (χ0) is 11.7. The maximum absolute atomic E-state index is 11.9. The third-order valence-electron chi connectivity index (χ3n) is 2.82. The number of allylic oxidation sites excluding steroid dienone is 2. The van der Waals surface area contributed by atoms with E-state index in [0.717, 1.165) is 5.57 Å². The quantitative estimate of drug-likeness (QED) is 0.689. The van der Waals surface area contributed by atoms with Gasteiger partial charge in [0.1, 0.15) is 5.71 Å². The van der Waals surface area contributed by atoms with E-state index < -0.39 is 0 Å². The van der Waals surface area contributed by atoms with E-state index in [1.807, 2.05) is 25.2 Å². The number of nitrogens with zero attached hydrogens (tertiary/aromatic N) is 2. The molecule has 2 atom stereocenters. The molecule has 0 saturated carbocycles. The fourth-order valence-electron chi connectivity index (χ4n) is 1.84. The number of hydrogen-bond acceptors (Lipinski definition) is 4. The molecule has 86 valence electrons. The van der Waals surface area contributed by atoms with Crippen LogP contribution < -0.4 is 5.43 Å². The Kier molecular flexibility index (Phi) is 2.78. The van der Waals surface area contributed by atoms with Gasteiger partial charge >= 0.3 is 0 Å². The summed E-state index contributed by atoms with van der Waals surface area (Å²) in [5.74, 6) is -0.197. The highest BCUT2D eigenvalue weighted by molar-refractivity contribution is 6.40. The Labute approximate surface area is 94.4 Å². The summed E-state index contributed by atoms with van der Waals surface area (Å²) in [7, 11) is 3.04. The third kappa shape index (κ3) is 1.74. The van der Waals surface area contributed by atoms with Gasteiger partial charge in [0.2, 0.25) is 0 Å². The third-order valence-corrected chi connectivity index (χ3v) is 2.82. The molecule has 0 saturated heterocycles. The van der Waals surface area contributed by atoms with Crippen LogP contribution in [0.25, 0.3) is 0 Å². The second kappa shape index (κ2) is 4.09. The van der Waals surface area contributed by atoms with Crippen molar-refractivity contribution < 1.29 is 9.63 Å². The summed E-state index contributed by atoms with van der Waals surface area (Å²) in [5, 5.41) is 5.27. The van der Waals surface area contributed by atoms with Crippen LogP contribution in [0.3, 0.4) is 0 Å². The molecule has 0 fully saturated rings. The monoisotopic (exact) mass is 221 g/mol. The van der Waals surface area contributed by atoms with Crippen molar-refractivity contribution in [1.29, 1.82) is 0 Å². The number of carbonyl (C=O) groups excluding carboxylic acids is 1. The number of hydrogen-bond donors (Lipinski definition) is 1. The van der Waals surface area contributed by atoms with Crippen LogP contribution in [-0.4, -0.2) is 36.9 Å². The molecular weight excluding hydrogens is 206 g/mol. The van der Waals surface area contributed by atoms with E-state index in [-0.39, 0.29) is 17.9 Å². The predicted molar refractivity (Wildman–Crippen MR) is 60.5 cm³/mol. The van der Waals surface area contributed by atoms with Gasteiger partial charge in [0.15, 0.2) is 0 Å². The number of amides is 1. The summed E-state index contributed by atoms with van der Waals surface area (Å²) in [6, 6.07) is 0.0907. The number of hydroxylamine groups is 2. The fourth-order valence-corrected chi connectivity index (χ4v) is 1.84. The lowest BCUT2D eigenvalue weighted by Gasteiger charge is -2.20. The molecule has 1 aliphatic carbocycles. The van der Waals surface area contributed by atoms with Gasteiger partial charge in [0.25, 0.3) is 5.91 Å². The van der Waals surface area contributed by atoms with Gasteiger partial charge in [-0.05, 0) is 6.92 Å². The van der Waals surface area contributed by atoms with Gasteiger partial charge in [-0.2, -0.15) is 5.10 Å². The maximum atomic E-state index is 11.9. The van der Waals surface area contributed by atoms with Gasteiger partial charge in [-0.3, -0.25) is 9.63 Å². The normalized spacial score (nSPS) is 26.7. The van der Waals surface area contributed by atoms with E-state index in [2.05, 4.69) is 10.5 Å². The van der Waals surface area contributed by atoms with Crippen molar-refractivity contribution in [3.8, 4) is 0 Å². The van der Waals surface area contributed by atoms with Crippen molar-refractivity contribution in [2.75, 3.05) is 14.2 Å². The van der Waals surface area contributed by atoms with E-state index >= 15 is 0 Å². The zero-order valence-corrected chi connectivity index (χ0v) is 9.60. The van der Waals surface area contributed by atoms with Crippen molar-refractivity contribution in [3.63, 3.8) is 0 Å². The van der Waals surface area contributed by atoms with Crippen molar-refractivity contribution in [2.45, 2.75) is 13.0 Å². The number of nitrogens with one attached hydrogen (secondary N) is 1. The highest BCUT2D eigenvalue weighted by Crippen LogP contribution is 2.23. The van der Waals surface area contributed by atoms with Crippen LogP contribution in [0.15, 0.2) is 28.9 Å². The van der Waals surface area contributed by atoms with Crippen LogP contribution in [-0.2, 0) is 9.63 Å². The second-order valence-corrected chi connectivity index (χ2v) is 3.93. The standard InChI is InChI=1S/C11H15N3O2/c1-7-4-5-9-8(6-7)10(13-12-9)11(15)14(2)16-3/h4-6,8-9,12H,1-3H3. The first-order valence-corrected chi connectivity index (χ1v) is 5.15. The summed E-state index contributed by atoms with van der Waals surface area (Å²) in [4.78, 5) is 16.8. The SMILES string of the molecule is CON(C)C(=O)C1=NNC2C=CC(C)=CC12. The van der Waals surface area contributed by atoms with Crippen molar-refractivity contribution in [2.24, 2.45) is 11.0 Å². The zero-order valence-electron chi connectivity index (χ0n) is 9.60. The summed E-state index contributed by atoms with van der Waals surface area (Å²) in [5.41, 5.74) is 4.58. The van der Waals surface area contributed by atoms with Gasteiger partial charge < -0.3 is 5.43 Å². The van der Waals surface area contributed by atoms with Gasteiger partial charge in [0.05, 0.1) is 19.1 Å². The minimum absolute atomic E-state index is 0.00935. The van der Waals surface area contributed by atoms with E-state index in [1.165, 1.54) is 12.2 Å². The van der Waals surface area contributed by atoms with Crippen LogP contribution in [0.2, 0.25) is 0 Å². The number of fused-ring (bicyclic) bond motifs is 1. The lowest BCUT2D eigenvalue weighted by atomic mass is 9.89. The molecule has 2 rings (SSSR count). The van der Waals surface area contributed by atoms with E-state index in [0.29, 0.717) is 5.71 Å². The van der Waals surface area contributed by atoms with E-state index in [1.54, 1.807) is 7.05 Å². The molecule has 2 unspecified atom stereocenters. The smallest absolute Gasteiger partial charge is 0.294 e. The molecule has 0 aromatic carbocycles. The largest absolute Gasteiger partial charge is 0.302 e. The number of rotatable bonds is 2. The Hall–Kier alpha value is -1.62. The molecule has 16 heavy (non-hydrogen) atoms. The first-order chi connectivity index (χ1) is 7.63. The van der Waals surface area contributed by atoms with Crippen molar-refractivity contribution >= 4 is 11.6 Å². The minimum Gasteiger partial charge on any atom is -0.302 e. The summed E-state index contributed by atoms with van der Waals surface area (Å²) in [6.45, 7) is 2.01. The highest BCUT2D eigenvalue weighted by Gasteiger charge is 2.35. The van der Waals surface area contributed by atoms with Crippen molar-refractivity contribution in [3.05, 3.63) is 23.8 Å².